The second-order valence-corrected chi connectivity index (χ2v) is 11.9. The molecule has 36 heavy (non-hydrogen) atoms. The average Bonchev–Trinajstić information content (AvgIpc) is 3.31. The van der Waals surface area contributed by atoms with Crippen molar-refractivity contribution in [2.75, 3.05) is 5.75 Å². The smallest absolute Gasteiger partial charge is 0.178 e. The Hall–Kier alpha value is -2.68. The lowest BCUT2D eigenvalue weighted by Crippen LogP contribution is -2.15. The van der Waals surface area contributed by atoms with E-state index in [1.54, 1.807) is 57.3 Å². The van der Waals surface area contributed by atoms with E-state index in [9.17, 15) is 18.6 Å². The summed E-state index contributed by atoms with van der Waals surface area (Å²) < 4.78 is 26.9. The molecule has 1 heterocycles. The average molecular weight is 545 g/mol. The molecule has 188 valence electrons. The first-order valence-corrected chi connectivity index (χ1v) is 13.7. The molecule has 3 aromatic carbocycles. The summed E-state index contributed by atoms with van der Waals surface area (Å²) in [6.07, 6.45) is 1.75. The molecule has 0 bridgehead atoms. The fraction of sp³-hybridized carbons (Fsp3) is 0.222. The SMILES string of the molecule is CCS(=O)(=O)c1cc(-c2ccc(-n3cc(C(C)(C)O)nc3-c3cccc(Cl)c3Cl)cc2)ccc1CO. The minimum atomic E-state index is -3.50. The van der Waals surface area contributed by atoms with Gasteiger partial charge in [0.15, 0.2) is 9.84 Å². The van der Waals surface area contributed by atoms with Crippen LogP contribution in [0.4, 0.5) is 0 Å². The minimum Gasteiger partial charge on any atom is -0.392 e. The van der Waals surface area contributed by atoms with E-state index in [2.05, 4.69) is 4.98 Å². The van der Waals surface area contributed by atoms with E-state index < -0.39 is 15.4 Å². The number of halogens is 2. The number of hydrogen-bond acceptors (Lipinski definition) is 5. The number of hydrogen-bond donors (Lipinski definition) is 2. The Morgan fingerprint density at radius 1 is 1.00 bits per heavy atom. The summed E-state index contributed by atoms with van der Waals surface area (Å²) in [5.41, 5.74) is 2.57. The lowest BCUT2D eigenvalue weighted by molar-refractivity contribution is 0.0743. The minimum absolute atomic E-state index is 0.0542. The van der Waals surface area contributed by atoms with Crippen LogP contribution in [0.25, 0.3) is 28.2 Å². The molecule has 0 fully saturated rings. The highest BCUT2D eigenvalue weighted by molar-refractivity contribution is 7.91. The van der Waals surface area contributed by atoms with Crippen molar-refractivity contribution in [2.45, 2.75) is 37.9 Å². The van der Waals surface area contributed by atoms with Crippen molar-refractivity contribution in [3.8, 4) is 28.2 Å². The molecular weight excluding hydrogens is 519 g/mol. The molecule has 0 amide bonds. The molecule has 4 rings (SSSR count). The monoisotopic (exact) mass is 544 g/mol. The Bertz CT molecular complexity index is 1520. The number of aromatic nitrogens is 2. The van der Waals surface area contributed by atoms with E-state index in [0.717, 1.165) is 11.3 Å². The molecule has 9 heteroatoms. The Morgan fingerprint density at radius 3 is 2.28 bits per heavy atom. The zero-order chi connectivity index (χ0) is 26.3. The van der Waals surface area contributed by atoms with Crippen LogP contribution in [0.2, 0.25) is 10.0 Å². The summed E-state index contributed by atoms with van der Waals surface area (Å²) in [6.45, 7) is 4.54. The van der Waals surface area contributed by atoms with Crippen LogP contribution < -0.4 is 0 Å². The molecule has 0 saturated carbocycles. The van der Waals surface area contributed by atoms with Crippen LogP contribution in [0, 0.1) is 0 Å². The van der Waals surface area contributed by atoms with Gasteiger partial charge in [-0.05, 0) is 60.9 Å². The van der Waals surface area contributed by atoms with E-state index in [1.165, 1.54) is 0 Å². The Balaban J connectivity index is 1.81. The highest BCUT2D eigenvalue weighted by Crippen LogP contribution is 2.36. The van der Waals surface area contributed by atoms with E-state index in [0.29, 0.717) is 38.3 Å². The van der Waals surface area contributed by atoms with Crippen molar-refractivity contribution in [3.05, 3.63) is 88.2 Å². The first kappa shape index (κ1) is 26.4. The Kier molecular flexibility index (Phi) is 7.33. The summed E-state index contributed by atoms with van der Waals surface area (Å²) >= 11 is 12.7. The van der Waals surface area contributed by atoms with Gasteiger partial charge in [0.2, 0.25) is 0 Å². The standard InChI is InChI=1S/C27H26Cl2N2O4S/c1-4-36(34,35)23-14-18(8-9-19(23)16-32)17-10-12-20(13-11-17)31-15-24(27(2,3)33)30-26(31)21-6-5-7-22(28)25(21)29/h5-15,32-33H,4,16H2,1-3H3. The number of aliphatic hydroxyl groups excluding tert-OH is 1. The van der Waals surface area contributed by atoms with Gasteiger partial charge in [-0.25, -0.2) is 13.4 Å². The number of aliphatic hydroxyl groups is 2. The maximum absolute atomic E-state index is 12.5. The van der Waals surface area contributed by atoms with Crippen molar-refractivity contribution in [1.82, 2.24) is 9.55 Å². The normalized spacial score (nSPS) is 12.2. The number of nitrogens with zero attached hydrogens (tertiary/aromatic N) is 2. The largest absolute Gasteiger partial charge is 0.392 e. The van der Waals surface area contributed by atoms with Gasteiger partial charge < -0.3 is 10.2 Å². The molecular formula is C27H26Cl2N2O4S. The van der Waals surface area contributed by atoms with Gasteiger partial charge in [0, 0.05) is 17.4 Å². The van der Waals surface area contributed by atoms with Crippen molar-refractivity contribution in [1.29, 1.82) is 0 Å². The van der Waals surface area contributed by atoms with Crippen molar-refractivity contribution in [2.24, 2.45) is 0 Å². The van der Waals surface area contributed by atoms with Crippen molar-refractivity contribution < 1.29 is 18.6 Å². The summed E-state index contributed by atoms with van der Waals surface area (Å²) in [4.78, 5) is 4.79. The lowest BCUT2D eigenvalue weighted by atomic mass is 10.0. The van der Waals surface area contributed by atoms with E-state index in [-0.39, 0.29) is 17.3 Å². The molecule has 4 aromatic rings. The maximum atomic E-state index is 12.5. The van der Waals surface area contributed by atoms with Gasteiger partial charge in [-0.15, -0.1) is 0 Å². The fourth-order valence-corrected chi connectivity index (χ4v) is 5.40. The predicted octanol–water partition coefficient (Wildman–Crippen LogP) is 6.03. The highest BCUT2D eigenvalue weighted by atomic mass is 35.5. The summed E-state index contributed by atoms with van der Waals surface area (Å²) in [5.74, 6) is 0.470. The Labute approximate surface area is 220 Å². The molecule has 0 spiro atoms. The van der Waals surface area contributed by atoms with Crippen LogP contribution in [-0.2, 0) is 22.0 Å². The summed E-state index contributed by atoms with van der Waals surface area (Å²) in [7, 11) is -3.50. The molecule has 0 aliphatic heterocycles. The summed E-state index contributed by atoms with van der Waals surface area (Å²) in [5, 5.41) is 21.0. The molecule has 1 aromatic heterocycles. The van der Waals surface area contributed by atoms with Crippen LogP contribution >= 0.6 is 23.2 Å². The number of imidazole rings is 1. The molecule has 0 aliphatic rings. The number of sulfone groups is 1. The maximum Gasteiger partial charge on any atom is 0.178 e. The molecule has 2 N–H and O–H groups in total. The lowest BCUT2D eigenvalue weighted by Gasteiger charge is -2.13. The molecule has 0 aliphatic carbocycles. The van der Waals surface area contributed by atoms with Crippen LogP contribution in [0.3, 0.4) is 0 Å². The Morgan fingerprint density at radius 2 is 1.67 bits per heavy atom. The van der Waals surface area contributed by atoms with Crippen LogP contribution in [-0.4, -0.2) is 33.9 Å². The van der Waals surface area contributed by atoms with Crippen LogP contribution in [0.5, 0.6) is 0 Å². The highest BCUT2D eigenvalue weighted by Gasteiger charge is 2.24. The first-order chi connectivity index (χ1) is 17.0. The van der Waals surface area contributed by atoms with Gasteiger partial charge in [-0.1, -0.05) is 60.5 Å². The molecule has 0 atom stereocenters. The van der Waals surface area contributed by atoms with Gasteiger partial charge in [-0.2, -0.15) is 0 Å². The first-order valence-electron chi connectivity index (χ1n) is 11.3. The van der Waals surface area contributed by atoms with Crippen molar-refractivity contribution in [3.63, 3.8) is 0 Å². The van der Waals surface area contributed by atoms with Crippen molar-refractivity contribution >= 4 is 33.0 Å². The third kappa shape index (κ3) is 5.08. The number of benzene rings is 3. The van der Waals surface area contributed by atoms with Gasteiger partial charge >= 0.3 is 0 Å². The van der Waals surface area contributed by atoms with E-state index in [1.807, 2.05) is 34.9 Å². The zero-order valence-electron chi connectivity index (χ0n) is 20.0. The van der Waals surface area contributed by atoms with Gasteiger partial charge in [0.1, 0.15) is 11.4 Å². The van der Waals surface area contributed by atoms with Crippen LogP contribution in [0.1, 0.15) is 32.0 Å². The second-order valence-electron chi connectivity index (χ2n) is 8.91. The molecule has 0 unspecified atom stereocenters. The fourth-order valence-electron chi connectivity index (χ4n) is 3.86. The zero-order valence-corrected chi connectivity index (χ0v) is 22.4. The third-order valence-electron chi connectivity index (χ3n) is 5.96. The van der Waals surface area contributed by atoms with Gasteiger partial charge in [0.05, 0.1) is 33.0 Å². The van der Waals surface area contributed by atoms with Gasteiger partial charge in [-0.3, -0.25) is 4.57 Å². The predicted molar refractivity (Wildman–Crippen MR) is 143 cm³/mol. The molecule has 0 radical (unpaired) electrons. The third-order valence-corrected chi connectivity index (χ3v) is 8.59. The molecule has 0 saturated heterocycles. The second kappa shape index (κ2) is 10.00. The van der Waals surface area contributed by atoms with Gasteiger partial charge in [0.25, 0.3) is 0 Å². The van der Waals surface area contributed by atoms with E-state index in [4.69, 9.17) is 23.2 Å². The van der Waals surface area contributed by atoms with Crippen LogP contribution in [0.15, 0.2) is 71.8 Å². The molecule has 6 nitrogen and oxygen atoms in total. The van der Waals surface area contributed by atoms with E-state index >= 15 is 0 Å². The number of rotatable bonds is 7. The summed E-state index contributed by atoms with van der Waals surface area (Å²) in [6, 6.07) is 17.8. The topological polar surface area (TPSA) is 92.4 Å². The quantitative estimate of drug-likeness (QED) is 0.296.